The van der Waals surface area contributed by atoms with Crippen molar-refractivity contribution >= 4 is 11.8 Å². The lowest BCUT2D eigenvalue weighted by Gasteiger charge is -2.42. The normalized spacial score (nSPS) is 45.4. The van der Waals surface area contributed by atoms with Crippen molar-refractivity contribution in [3.8, 4) is 0 Å². The number of allylic oxidation sites excluding steroid dienone is 1. The Morgan fingerprint density at radius 2 is 2.16 bits per heavy atom. The molecule has 0 radical (unpaired) electrons. The van der Waals surface area contributed by atoms with Crippen molar-refractivity contribution in [2.45, 2.75) is 33.1 Å². The van der Waals surface area contributed by atoms with E-state index in [1.54, 1.807) is 0 Å². The number of carbonyl (C=O) groups excluding carboxylic acids is 2. The van der Waals surface area contributed by atoms with E-state index in [4.69, 9.17) is 4.74 Å². The molecule has 3 rings (SSSR count). The Morgan fingerprint density at radius 3 is 2.79 bits per heavy atom. The first-order chi connectivity index (χ1) is 8.90. The minimum Gasteiger partial charge on any atom is -0.469 e. The van der Waals surface area contributed by atoms with E-state index in [1.807, 2.05) is 6.92 Å². The third-order valence-corrected chi connectivity index (χ3v) is 5.99. The maximum Gasteiger partial charge on any atom is 0.309 e. The van der Waals surface area contributed by atoms with Crippen molar-refractivity contribution in [1.29, 1.82) is 0 Å². The summed E-state index contributed by atoms with van der Waals surface area (Å²) in [7, 11) is 1.39. The summed E-state index contributed by atoms with van der Waals surface area (Å²) >= 11 is 0. The molecule has 6 atom stereocenters. The van der Waals surface area contributed by atoms with Gasteiger partial charge in [-0.15, -0.1) is 0 Å². The molecule has 0 aromatic rings. The van der Waals surface area contributed by atoms with Gasteiger partial charge >= 0.3 is 5.97 Å². The average Bonchev–Trinajstić information content (AvgIpc) is 3.13. The van der Waals surface area contributed by atoms with E-state index in [9.17, 15) is 9.59 Å². The van der Waals surface area contributed by atoms with Gasteiger partial charge in [0, 0.05) is 12.3 Å². The molecular formula is C16H22O3. The lowest BCUT2D eigenvalue weighted by molar-refractivity contribution is -0.151. The number of carbonyl (C=O) groups is 2. The number of methoxy groups -OCH3 is 1. The predicted octanol–water partition coefficient (Wildman–Crippen LogP) is 2.60. The third-order valence-electron chi connectivity index (χ3n) is 5.99. The van der Waals surface area contributed by atoms with Gasteiger partial charge in [-0.1, -0.05) is 26.0 Å². The fourth-order valence-corrected chi connectivity index (χ4v) is 4.67. The Kier molecular flexibility index (Phi) is 2.67. The van der Waals surface area contributed by atoms with Crippen LogP contribution >= 0.6 is 0 Å². The molecule has 6 unspecified atom stereocenters. The average molecular weight is 262 g/mol. The van der Waals surface area contributed by atoms with Crippen LogP contribution in [0.1, 0.15) is 33.1 Å². The summed E-state index contributed by atoms with van der Waals surface area (Å²) < 4.78 is 4.79. The highest BCUT2D eigenvalue weighted by Gasteiger charge is 2.65. The summed E-state index contributed by atoms with van der Waals surface area (Å²) in [4.78, 5) is 24.1. The van der Waals surface area contributed by atoms with Gasteiger partial charge in [-0.3, -0.25) is 9.59 Å². The van der Waals surface area contributed by atoms with Crippen LogP contribution in [0.4, 0.5) is 0 Å². The Balaban J connectivity index is 1.83. The van der Waals surface area contributed by atoms with Gasteiger partial charge in [0.1, 0.15) is 5.78 Å². The second kappa shape index (κ2) is 3.94. The smallest absolute Gasteiger partial charge is 0.309 e. The molecule has 3 nitrogen and oxygen atoms in total. The zero-order valence-corrected chi connectivity index (χ0v) is 11.9. The van der Waals surface area contributed by atoms with Gasteiger partial charge in [0.15, 0.2) is 0 Å². The van der Waals surface area contributed by atoms with E-state index in [-0.39, 0.29) is 29.0 Å². The van der Waals surface area contributed by atoms with Crippen LogP contribution in [0.15, 0.2) is 12.2 Å². The molecule has 104 valence electrons. The van der Waals surface area contributed by atoms with Gasteiger partial charge in [0.25, 0.3) is 0 Å². The lowest BCUT2D eigenvalue weighted by atomic mass is 9.60. The maximum absolute atomic E-state index is 12.4. The van der Waals surface area contributed by atoms with E-state index in [1.165, 1.54) is 19.1 Å². The first-order valence-corrected chi connectivity index (χ1v) is 7.19. The maximum atomic E-state index is 12.4. The zero-order valence-electron chi connectivity index (χ0n) is 11.9. The minimum atomic E-state index is -0.327. The van der Waals surface area contributed by atoms with Crippen molar-refractivity contribution in [3.63, 3.8) is 0 Å². The zero-order chi connectivity index (χ0) is 13.9. The van der Waals surface area contributed by atoms with Crippen LogP contribution in [0.3, 0.4) is 0 Å². The molecule has 0 heterocycles. The second-order valence-corrected chi connectivity index (χ2v) is 6.88. The van der Waals surface area contributed by atoms with Crippen molar-refractivity contribution in [1.82, 2.24) is 0 Å². The molecule has 0 aromatic heterocycles. The lowest BCUT2D eigenvalue weighted by Crippen LogP contribution is -2.43. The molecule has 0 bridgehead atoms. The van der Waals surface area contributed by atoms with Crippen LogP contribution in [0.5, 0.6) is 0 Å². The van der Waals surface area contributed by atoms with Crippen LogP contribution in [0.25, 0.3) is 0 Å². The molecule has 3 aliphatic rings. The highest BCUT2D eigenvalue weighted by molar-refractivity contribution is 5.88. The number of Topliss-reactive ketones (excluding diaryl/α,β-unsaturated/α-hetero) is 1. The summed E-state index contributed by atoms with van der Waals surface area (Å²) in [5.41, 5.74) is 1.45. The van der Waals surface area contributed by atoms with Crippen molar-refractivity contribution in [3.05, 3.63) is 12.2 Å². The summed E-state index contributed by atoms with van der Waals surface area (Å²) in [5.74, 6) is 1.21. The van der Waals surface area contributed by atoms with E-state index >= 15 is 0 Å². The Morgan fingerprint density at radius 1 is 1.47 bits per heavy atom. The van der Waals surface area contributed by atoms with Crippen LogP contribution < -0.4 is 0 Å². The summed E-state index contributed by atoms with van der Waals surface area (Å²) in [6, 6.07) is 0. The van der Waals surface area contributed by atoms with Gasteiger partial charge < -0.3 is 4.74 Å². The fraction of sp³-hybridized carbons (Fsp3) is 0.750. The van der Waals surface area contributed by atoms with E-state index in [0.29, 0.717) is 24.2 Å². The highest BCUT2D eigenvalue weighted by Crippen LogP contribution is 2.71. The fourth-order valence-electron chi connectivity index (χ4n) is 4.67. The molecule has 0 aromatic carbocycles. The molecule has 19 heavy (non-hydrogen) atoms. The highest BCUT2D eigenvalue weighted by atomic mass is 16.5. The summed E-state index contributed by atoms with van der Waals surface area (Å²) in [6.07, 6.45) is 2.62. The van der Waals surface area contributed by atoms with Crippen LogP contribution in [-0.4, -0.2) is 18.9 Å². The van der Waals surface area contributed by atoms with Crippen molar-refractivity contribution < 1.29 is 14.3 Å². The molecule has 0 saturated heterocycles. The Labute approximate surface area is 114 Å². The quantitative estimate of drug-likeness (QED) is 0.567. The van der Waals surface area contributed by atoms with Gasteiger partial charge in [0.05, 0.1) is 13.0 Å². The number of hydrogen-bond acceptors (Lipinski definition) is 3. The van der Waals surface area contributed by atoms with E-state index in [2.05, 4.69) is 13.5 Å². The molecular weight excluding hydrogens is 240 g/mol. The molecule has 0 N–H and O–H groups in total. The van der Waals surface area contributed by atoms with Gasteiger partial charge in [-0.05, 0) is 36.0 Å². The standard InChI is InChI=1S/C16H22O3/c1-8-10-5-13(10)16(3)7-14(17)11(6-12(8)16)9(2)15(18)19-4/h9-13H,1,5-7H2,2-4H3. The summed E-state index contributed by atoms with van der Waals surface area (Å²) in [5, 5.41) is 0. The first-order valence-electron chi connectivity index (χ1n) is 7.19. The molecule has 3 aliphatic carbocycles. The molecule has 3 saturated carbocycles. The number of ketones is 1. The van der Waals surface area contributed by atoms with E-state index < -0.39 is 0 Å². The molecule has 3 fully saturated rings. The summed E-state index contributed by atoms with van der Waals surface area (Å²) in [6.45, 7) is 8.33. The molecule has 0 amide bonds. The van der Waals surface area contributed by atoms with Crippen molar-refractivity contribution in [2.24, 2.45) is 35.0 Å². The minimum absolute atomic E-state index is 0.116. The number of rotatable bonds is 2. The van der Waals surface area contributed by atoms with Gasteiger partial charge in [-0.25, -0.2) is 0 Å². The Hall–Kier alpha value is -1.12. The topological polar surface area (TPSA) is 43.4 Å². The molecule has 0 aliphatic heterocycles. The number of esters is 1. The third kappa shape index (κ3) is 1.63. The van der Waals surface area contributed by atoms with Crippen LogP contribution in [0, 0.1) is 35.0 Å². The second-order valence-electron chi connectivity index (χ2n) is 6.88. The van der Waals surface area contributed by atoms with Crippen LogP contribution in [0.2, 0.25) is 0 Å². The monoisotopic (exact) mass is 262 g/mol. The Bertz CT molecular complexity index is 467. The first kappa shape index (κ1) is 12.9. The number of ether oxygens (including phenoxy) is 1. The predicted molar refractivity (Wildman–Crippen MR) is 71.2 cm³/mol. The SMILES string of the molecule is C=C1C2CC2C2(C)CC(=O)C(C(C)C(=O)OC)CC12. The molecule has 0 spiro atoms. The van der Waals surface area contributed by atoms with E-state index in [0.717, 1.165) is 6.42 Å². The van der Waals surface area contributed by atoms with Crippen LogP contribution in [-0.2, 0) is 14.3 Å². The van der Waals surface area contributed by atoms with Crippen molar-refractivity contribution in [2.75, 3.05) is 7.11 Å². The largest absolute Gasteiger partial charge is 0.469 e. The number of fused-ring (bicyclic) bond motifs is 3. The van der Waals surface area contributed by atoms with Gasteiger partial charge in [-0.2, -0.15) is 0 Å². The molecule has 3 heteroatoms. The van der Waals surface area contributed by atoms with Gasteiger partial charge in [0.2, 0.25) is 0 Å². The number of hydrogen-bond donors (Lipinski definition) is 0.